The molecule has 0 aliphatic rings. The SMILES string of the molecule is CCCSCc1ccc(Nc2nnc(C(C)(C)C)c(=O)[nH]2)cc1. The number of benzene rings is 1. The molecule has 0 fully saturated rings. The molecule has 1 heterocycles. The van der Waals surface area contributed by atoms with E-state index < -0.39 is 0 Å². The summed E-state index contributed by atoms with van der Waals surface area (Å²) in [6.45, 7) is 8.00. The summed E-state index contributed by atoms with van der Waals surface area (Å²) in [7, 11) is 0. The van der Waals surface area contributed by atoms with Crippen LogP contribution < -0.4 is 10.9 Å². The van der Waals surface area contributed by atoms with E-state index in [2.05, 4.69) is 39.6 Å². The first-order valence-electron chi connectivity index (χ1n) is 7.81. The van der Waals surface area contributed by atoms with Crippen LogP contribution in [-0.2, 0) is 11.2 Å². The number of rotatable bonds is 6. The number of nitrogens with zero attached hydrogens (tertiary/aromatic N) is 2. The second kappa shape index (κ2) is 7.64. The molecule has 2 N–H and O–H groups in total. The van der Waals surface area contributed by atoms with Crippen molar-refractivity contribution in [2.75, 3.05) is 11.1 Å². The Bertz CT molecular complexity index is 689. The molecule has 23 heavy (non-hydrogen) atoms. The number of hydrogen-bond acceptors (Lipinski definition) is 5. The zero-order chi connectivity index (χ0) is 16.9. The number of H-pyrrole nitrogens is 1. The van der Waals surface area contributed by atoms with Crippen molar-refractivity contribution >= 4 is 23.4 Å². The molecule has 0 aliphatic carbocycles. The summed E-state index contributed by atoms with van der Waals surface area (Å²) in [4.78, 5) is 14.8. The van der Waals surface area contributed by atoms with E-state index in [-0.39, 0.29) is 11.0 Å². The second-order valence-corrected chi connectivity index (χ2v) is 7.58. The van der Waals surface area contributed by atoms with Gasteiger partial charge in [0.2, 0.25) is 5.95 Å². The summed E-state index contributed by atoms with van der Waals surface area (Å²) in [5, 5.41) is 11.2. The lowest BCUT2D eigenvalue weighted by molar-refractivity contribution is 0.547. The minimum atomic E-state index is -0.323. The minimum absolute atomic E-state index is 0.206. The van der Waals surface area contributed by atoms with Gasteiger partial charge in [0, 0.05) is 16.9 Å². The molecule has 124 valence electrons. The quantitative estimate of drug-likeness (QED) is 0.786. The third kappa shape index (κ3) is 5.10. The van der Waals surface area contributed by atoms with Gasteiger partial charge in [-0.3, -0.25) is 9.78 Å². The highest BCUT2D eigenvalue weighted by molar-refractivity contribution is 7.98. The highest BCUT2D eigenvalue weighted by atomic mass is 32.2. The lowest BCUT2D eigenvalue weighted by Crippen LogP contribution is -2.28. The number of hydrogen-bond donors (Lipinski definition) is 2. The van der Waals surface area contributed by atoms with E-state index in [0.717, 1.165) is 11.4 Å². The first kappa shape index (κ1) is 17.5. The predicted molar refractivity (Wildman–Crippen MR) is 97.5 cm³/mol. The molecule has 0 saturated carbocycles. The molecular weight excluding hydrogens is 308 g/mol. The van der Waals surface area contributed by atoms with Gasteiger partial charge in [0.25, 0.3) is 5.56 Å². The van der Waals surface area contributed by atoms with Gasteiger partial charge in [0.05, 0.1) is 0 Å². The number of anilines is 2. The lowest BCUT2D eigenvalue weighted by Gasteiger charge is -2.15. The molecule has 0 unspecified atom stereocenters. The van der Waals surface area contributed by atoms with Crippen LogP contribution in [0, 0.1) is 0 Å². The largest absolute Gasteiger partial charge is 0.324 e. The van der Waals surface area contributed by atoms with Crippen molar-refractivity contribution in [3.63, 3.8) is 0 Å². The molecule has 0 amide bonds. The third-order valence-corrected chi connectivity index (χ3v) is 4.48. The van der Waals surface area contributed by atoms with Crippen molar-refractivity contribution in [1.29, 1.82) is 0 Å². The molecular formula is C17H24N4OS. The minimum Gasteiger partial charge on any atom is -0.324 e. The van der Waals surface area contributed by atoms with Gasteiger partial charge < -0.3 is 5.32 Å². The number of thioether (sulfide) groups is 1. The predicted octanol–water partition coefficient (Wildman–Crippen LogP) is 3.85. The Hall–Kier alpha value is -1.82. The Morgan fingerprint density at radius 3 is 2.43 bits per heavy atom. The van der Waals surface area contributed by atoms with Crippen LogP contribution in [0.25, 0.3) is 0 Å². The number of aromatic amines is 1. The normalized spacial score (nSPS) is 11.5. The first-order chi connectivity index (χ1) is 10.9. The molecule has 2 rings (SSSR count). The topological polar surface area (TPSA) is 70.7 Å². The van der Waals surface area contributed by atoms with Crippen LogP contribution >= 0.6 is 11.8 Å². The fourth-order valence-corrected chi connectivity index (χ4v) is 2.90. The van der Waals surface area contributed by atoms with Gasteiger partial charge in [0.15, 0.2) is 0 Å². The van der Waals surface area contributed by atoms with E-state index in [1.165, 1.54) is 17.7 Å². The molecule has 2 aromatic rings. The van der Waals surface area contributed by atoms with Crippen LogP contribution in [0.1, 0.15) is 45.4 Å². The standard InChI is InChI=1S/C17H24N4OS/c1-5-10-23-11-12-6-8-13(9-7-12)18-16-19-15(22)14(20-21-16)17(2,3)4/h6-9H,5,10-11H2,1-4H3,(H2,18,19,21,22). The van der Waals surface area contributed by atoms with Crippen LogP contribution in [0.5, 0.6) is 0 Å². The molecule has 0 aliphatic heterocycles. The summed E-state index contributed by atoms with van der Waals surface area (Å²) in [5.41, 5.74) is 2.07. The van der Waals surface area contributed by atoms with Crippen molar-refractivity contribution in [2.45, 2.75) is 45.3 Å². The number of nitrogens with one attached hydrogen (secondary N) is 2. The molecule has 1 aromatic carbocycles. The van der Waals surface area contributed by atoms with Crippen molar-refractivity contribution in [2.24, 2.45) is 0 Å². The Kier molecular flexibility index (Phi) is 5.82. The Morgan fingerprint density at radius 1 is 1.17 bits per heavy atom. The van der Waals surface area contributed by atoms with Gasteiger partial charge in [-0.05, 0) is 29.9 Å². The third-order valence-electron chi connectivity index (χ3n) is 3.24. The van der Waals surface area contributed by atoms with Crippen LogP contribution in [0.15, 0.2) is 29.1 Å². The fraction of sp³-hybridized carbons (Fsp3) is 0.471. The monoisotopic (exact) mass is 332 g/mol. The molecule has 1 aromatic heterocycles. The summed E-state index contributed by atoms with van der Waals surface area (Å²) >= 11 is 1.93. The summed E-state index contributed by atoms with van der Waals surface area (Å²) in [5.74, 6) is 2.55. The Labute approximate surface area is 141 Å². The second-order valence-electron chi connectivity index (χ2n) is 6.48. The highest BCUT2D eigenvalue weighted by Crippen LogP contribution is 2.18. The van der Waals surface area contributed by atoms with Crippen LogP contribution in [0.3, 0.4) is 0 Å². The van der Waals surface area contributed by atoms with Crippen LogP contribution in [0.2, 0.25) is 0 Å². The average molecular weight is 332 g/mol. The van der Waals surface area contributed by atoms with E-state index in [1.807, 2.05) is 44.7 Å². The van der Waals surface area contributed by atoms with E-state index in [9.17, 15) is 4.79 Å². The highest BCUT2D eigenvalue weighted by Gasteiger charge is 2.20. The maximum Gasteiger partial charge on any atom is 0.274 e. The first-order valence-corrected chi connectivity index (χ1v) is 8.97. The lowest BCUT2D eigenvalue weighted by atomic mass is 9.93. The zero-order valence-corrected chi connectivity index (χ0v) is 15.0. The van der Waals surface area contributed by atoms with Crippen molar-refractivity contribution in [1.82, 2.24) is 15.2 Å². The summed E-state index contributed by atoms with van der Waals surface area (Å²) < 4.78 is 0. The van der Waals surface area contributed by atoms with E-state index >= 15 is 0 Å². The summed E-state index contributed by atoms with van der Waals surface area (Å²) in [6, 6.07) is 8.14. The van der Waals surface area contributed by atoms with Crippen LogP contribution in [0.4, 0.5) is 11.6 Å². The molecule has 0 spiro atoms. The molecule has 0 radical (unpaired) electrons. The van der Waals surface area contributed by atoms with Gasteiger partial charge in [-0.1, -0.05) is 39.8 Å². The van der Waals surface area contributed by atoms with Gasteiger partial charge in [-0.15, -0.1) is 10.2 Å². The maximum absolute atomic E-state index is 12.1. The Balaban J connectivity index is 2.05. The van der Waals surface area contributed by atoms with E-state index in [1.54, 1.807) is 0 Å². The van der Waals surface area contributed by atoms with Crippen molar-refractivity contribution in [3.8, 4) is 0 Å². The van der Waals surface area contributed by atoms with Crippen molar-refractivity contribution < 1.29 is 0 Å². The molecule has 6 heteroatoms. The molecule has 0 atom stereocenters. The Morgan fingerprint density at radius 2 is 1.87 bits per heavy atom. The van der Waals surface area contributed by atoms with Gasteiger partial charge in [0.1, 0.15) is 5.69 Å². The maximum atomic E-state index is 12.1. The van der Waals surface area contributed by atoms with Crippen LogP contribution in [-0.4, -0.2) is 20.9 Å². The molecule has 5 nitrogen and oxygen atoms in total. The van der Waals surface area contributed by atoms with Gasteiger partial charge in [-0.25, -0.2) is 0 Å². The van der Waals surface area contributed by atoms with Gasteiger partial charge >= 0.3 is 0 Å². The fourth-order valence-electron chi connectivity index (χ4n) is 2.04. The smallest absolute Gasteiger partial charge is 0.274 e. The summed E-state index contributed by atoms with van der Waals surface area (Å²) in [6.07, 6.45) is 1.20. The van der Waals surface area contributed by atoms with Crippen molar-refractivity contribution in [3.05, 3.63) is 45.9 Å². The van der Waals surface area contributed by atoms with E-state index in [4.69, 9.17) is 0 Å². The molecule has 0 bridgehead atoms. The average Bonchev–Trinajstić information content (AvgIpc) is 2.48. The molecule has 0 saturated heterocycles. The zero-order valence-electron chi connectivity index (χ0n) is 14.1. The number of aromatic nitrogens is 3. The van der Waals surface area contributed by atoms with Gasteiger partial charge in [-0.2, -0.15) is 11.8 Å². The van der Waals surface area contributed by atoms with E-state index in [0.29, 0.717) is 11.6 Å².